The van der Waals surface area contributed by atoms with Crippen molar-refractivity contribution in [1.29, 1.82) is 0 Å². The van der Waals surface area contributed by atoms with E-state index >= 15 is 0 Å². The summed E-state index contributed by atoms with van der Waals surface area (Å²) < 4.78 is 11.7. The maximum atomic E-state index is 10.8. The maximum Gasteiger partial charge on any atom is 2.00 e. The number of unbranched alkanes of at least 4 members (excludes halogenated alkanes) is 6. The van der Waals surface area contributed by atoms with Gasteiger partial charge in [-0.1, -0.05) is 125 Å². The Labute approximate surface area is 416 Å². The zero-order chi connectivity index (χ0) is 47.8. The number of hydrogen-bond donors (Lipinski definition) is 2. The average Bonchev–Trinajstić information content (AvgIpc) is 3.34. The predicted octanol–water partition coefficient (Wildman–Crippen LogP) is 13.3. The number of aromatic carboxylic acids is 2. The van der Waals surface area contributed by atoms with Crippen molar-refractivity contribution in [2.24, 2.45) is 0 Å². The summed E-state index contributed by atoms with van der Waals surface area (Å²) in [6.45, 7) is 6.01. The van der Waals surface area contributed by atoms with Gasteiger partial charge in [0.1, 0.15) is 11.5 Å². The Kier molecular flexibility index (Phi) is 28.4. The quantitative estimate of drug-likeness (QED) is 0.0319. The minimum atomic E-state index is -1.08. The molecule has 0 aliphatic carbocycles. The van der Waals surface area contributed by atoms with Gasteiger partial charge >= 0.3 is 31.4 Å². The second-order valence-electron chi connectivity index (χ2n) is 14.2. The SMILES string of the molecule is CCCCCCOc1ccc(C=Cc2ccnc(-c3cc(C=Cc4ccc(OCCCCCC)cc4)ccn3)c2)cc1.O=C(O)c1ccnc(-c2cc(C(=O)O)ccn2)c1.[N-]=C=S.[N-]=C=S.[Ru+2]. The van der Waals surface area contributed by atoms with E-state index in [0.29, 0.717) is 11.4 Å². The van der Waals surface area contributed by atoms with Gasteiger partial charge in [0.25, 0.3) is 0 Å². The first-order valence-corrected chi connectivity index (χ1v) is 22.1. The van der Waals surface area contributed by atoms with Gasteiger partial charge in [0.2, 0.25) is 0 Å². The third kappa shape index (κ3) is 22.4. The van der Waals surface area contributed by atoms with Gasteiger partial charge in [0, 0.05) is 24.8 Å². The summed E-state index contributed by atoms with van der Waals surface area (Å²) in [6, 6.07) is 30.1. The fraction of sp³-hybridized carbons (Fsp3) is 0.231. The third-order valence-corrected chi connectivity index (χ3v) is 9.34. The Bertz CT molecular complexity index is 2370. The van der Waals surface area contributed by atoms with Crippen LogP contribution >= 0.6 is 24.4 Å². The van der Waals surface area contributed by atoms with Crippen LogP contribution in [0.1, 0.15) is 108 Å². The van der Waals surface area contributed by atoms with E-state index in [-0.39, 0.29) is 30.6 Å². The van der Waals surface area contributed by atoms with Crippen LogP contribution in [0.3, 0.4) is 0 Å². The van der Waals surface area contributed by atoms with Gasteiger partial charge in [-0.25, -0.2) is 9.59 Å². The molecular formula is C52H52N6O6RuS2. The molecule has 0 saturated carbocycles. The number of nitrogens with zero attached hydrogens (tertiary/aromatic N) is 6. The zero-order valence-corrected chi connectivity index (χ0v) is 40.7. The van der Waals surface area contributed by atoms with Crippen molar-refractivity contribution in [3.63, 3.8) is 0 Å². The molecule has 0 saturated heterocycles. The molecule has 67 heavy (non-hydrogen) atoms. The Balaban J connectivity index is 0.000000510. The van der Waals surface area contributed by atoms with E-state index in [0.717, 1.165) is 71.2 Å². The topological polar surface area (TPSA) is 189 Å². The number of hydrogen-bond acceptors (Lipinski definition) is 10. The summed E-state index contributed by atoms with van der Waals surface area (Å²) in [5.74, 6) is -0.302. The zero-order valence-electron chi connectivity index (χ0n) is 37.3. The number of ether oxygens (including phenoxy) is 2. The van der Waals surface area contributed by atoms with Crippen LogP contribution in [0.2, 0.25) is 0 Å². The first-order chi connectivity index (χ1) is 32.1. The number of carboxylic acids is 2. The minimum absolute atomic E-state index is 0. The molecule has 6 aromatic rings. The Morgan fingerprint density at radius 3 is 1.15 bits per heavy atom. The van der Waals surface area contributed by atoms with Crippen molar-refractivity contribution < 1.29 is 48.8 Å². The predicted molar refractivity (Wildman–Crippen MR) is 271 cm³/mol. The van der Waals surface area contributed by atoms with Gasteiger partial charge < -0.3 is 30.5 Å². The van der Waals surface area contributed by atoms with Crippen molar-refractivity contribution in [3.05, 3.63) is 166 Å². The molecule has 0 radical (unpaired) electrons. The standard InChI is InChI=1S/C38H44N2O2.C12H8N2O4.2CNS.Ru/c1-3-5-7-9-27-41-35-19-15-31(16-20-35)11-13-33-23-25-39-37(29-33)38-30-34(24-26-40-38)14-12-32-17-21-36(22-18-32)42-28-10-8-6-4-2;15-11(16)7-1-3-13-9(5-7)10-6-8(12(17)18)2-4-14-10;2*2-1-3;/h11-26,29-30H,3-10,27-28H2,1-2H3;1-6H,(H,15,16)(H,17,18);;;/q;;2*-1;+2. The molecule has 0 unspecified atom stereocenters. The van der Waals surface area contributed by atoms with E-state index in [9.17, 15) is 9.59 Å². The molecule has 0 amide bonds. The molecule has 4 heterocycles. The van der Waals surface area contributed by atoms with Crippen molar-refractivity contribution in [2.45, 2.75) is 65.2 Å². The number of pyridine rings is 4. The van der Waals surface area contributed by atoms with Crippen molar-refractivity contribution in [3.8, 4) is 34.3 Å². The van der Waals surface area contributed by atoms with Crippen molar-refractivity contribution >= 4 is 71.0 Å². The van der Waals surface area contributed by atoms with Crippen molar-refractivity contribution in [2.75, 3.05) is 13.2 Å². The molecule has 15 heteroatoms. The number of carbonyl (C=O) groups is 2. The molecule has 6 rings (SSSR count). The number of rotatable bonds is 20. The van der Waals surface area contributed by atoms with Crippen molar-refractivity contribution in [1.82, 2.24) is 19.9 Å². The van der Waals surface area contributed by atoms with Gasteiger partial charge in [0.15, 0.2) is 0 Å². The molecule has 2 N–H and O–H groups in total. The molecule has 0 bridgehead atoms. The van der Waals surface area contributed by atoms with Crippen LogP contribution in [-0.2, 0) is 19.5 Å². The molecule has 0 aliphatic heterocycles. The van der Waals surface area contributed by atoms with Crippen LogP contribution in [0.25, 0.3) is 57.9 Å². The van der Waals surface area contributed by atoms with Crippen LogP contribution in [0.5, 0.6) is 11.5 Å². The van der Waals surface area contributed by atoms with Crippen LogP contribution < -0.4 is 9.47 Å². The number of isothiocyanates is 2. The molecule has 346 valence electrons. The van der Waals surface area contributed by atoms with Gasteiger partial charge in [-0.05, 0) is 108 Å². The average molecular weight is 1020 g/mol. The van der Waals surface area contributed by atoms with E-state index in [1.807, 2.05) is 48.8 Å². The van der Waals surface area contributed by atoms with Gasteiger partial charge in [-0.3, -0.25) is 19.9 Å². The molecule has 12 nitrogen and oxygen atoms in total. The smallest absolute Gasteiger partial charge is 0.753 e. The first kappa shape index (κ1) is 56.4. The van der Waals surface area contributed by atoms with Crippen LogP contribution in [0, 0.1) is 0 Å². The van der Waals surface area contributed by atoms with Gasteiger partial charge in [0.05, 0.1) is 47.1 Å². The van der Waals surface area contributed by atoms with E-state index < -0.39 is 11.9 Å². The van der Waals surface area contributed by atoms with Gasteiger partial charge in [-0.2, -0.15) is 10.3 Å². The van der Waals surface area contributed by atoms with Crippen LogP contribution in [0.15, 0.2) is 122 Å². The summed E-state index contributed by atoms with van der Waals surface area (Å²) in [5.41, 5.74) is 6.88. The molecular weight excluding hydrogens is 970 g/mol. The number of thiocarbonyl (C=S) groups is 2. The van der Waals surface area contributed by atoms with E-state index in [1.54, 1.807) is 0 Å². The molecule has 0 aliphatic rings. The van der Waals surface area contributed by atoms with E-state index in [4.69, 9.17) is 30.5 Å². The van der Waals surface area contributed by atoms with E-state index in [1.165, 1.54) is 85.5 Å². The monoisotopic (exact) mass is 1020 g/mol. The summed E-state index contributed by atoms with van der Waals surface area (Å²) >= 11 is 7.40. The number of aromatic nitrogens is 4. The fourth-order valence-corrected chi connectivity index (χ4v) is 5.96. The van der Waals surface area contributed by atoms with E-state index in [2.05, 4.69) is 119 Å². The molecule has 4 aromatic heterocycles. The van der Waals surface area contributed by atoms with Gasteiger partial charge in [-0.15, -0.1) is 0 Å². The third-order valence-electron chi connectivity index (χ3n) is 9.34. The summed E-state index contributed by atoms with van der Waals surface area (Å²) in [5, 5.41) is 34.6. The maximum absolute atomic E-state index is 10.8. The fourth-order valence-electron chi connectivity index (χ4n) is 5.96. The molecule has 0 spiro atoms. The minimum Gasteiger partial charge on any atom is -0.753 e. The second kappa shape index (κ2) is 33.7. The van der Waals surface area contributed by atoms with Crippen LogP contribution in [-0.4, -0.2) is 65.6 Å². The summed E-state index contributed by atoms with van der Waals surface area (Å²) in [4.78, 5) is 38.7. The largest absolute Gasteiger partial charge is 2.00 e. The molecule has 0 fully saturated rings. The number of carboxylic acid groups (broad SMARTS) is 2. The Hall–Kier alpha value is -6.72. The molecule has 2 aromatic carbocycles. The second-order valence-corrected chi connectivity index (χ2v) is 14.6. The molecule has 0 atom stereocenters. The summed E-state index contributed by atoms with van der Waals surface area (Å²) in [7, 11) is 0. The Morgan fingerprint density at radius 2 is 0.821 bits per heavy atom. The van der Waals surface area contributed by atoms with Crippen LogP contribution in [0.4, 0.5) is 0 Å². The Morgan fingerprint density at radius 1 is 0.507 bits per heavy atom. The summed E-state index contributed by atoms with van der Waals surface area (Å²) in [6.07, 6.45) is 24.5. The first-order valence-electron chi connectivity index (χ1n) is 21.3. The number of benzene rings is 2. The normalized spacial score (nSPS) is 10.1.